The molecule has 17 heavy (non-hydrogen) atoms. The molecule has 0 unspecified atom stereocenters. The SMILES string of the molecule is CC(C)C(=O)OCc1ccc(NOC=O)cc1. The largest absolute Gasteiger partial charge is 0.461 e. The predicted octanol–water partition coefficient (Wildman–Crippen LogP) is 1.89. The van der Waals surface area contributed by atoms with Gasteiger partial charge in [0.25, 0.3) is 0 Å². The third-order valence-corrected chi connectivity index (χ3v) is 2.03. The van der Waals surface area contributed by atoms with Crippen LogP contribution in [0.15, 0.2) is 24.3 Å². The van der Waals surface area contributed by atoms with E-state index in [2.05, 4.69) is 10.3 Å². The van der Waals surface area contributed by atoms with Crippen molar-refractivity contribution in [3.05, 3.63) is 29.8 Å². The number of ether oxygens (including phenoxy) is 1. The van der Waals surface area contributed by atoms with Gasteiger partial charge in [0.2, 0.25) is 0 Å². The molecule has 1 aromatic carbocycles. The molecule has 1 rings (SSSR count). The molecule has 0 radical (unpaired) electrons. The van der Waals surface area contributed by atoms with E-state index in [1.807, 2.05) is 0 Å². The summed E-state index contributed by atoms with van der Waals surface area (Å²) in [5, 5.41) is 0. The molecule has 0 saturated carbocycles. The van der Waals surface area contributed by atoms with Crippen LogP contribution in [0.1, 0.15) is 19.4 Å². The van der Waals surface area contributed by atoms with Gasteiger partial charge in [0.05, 0.1) is 11.6 Å². The number of nitrogens with one attached hydrogen (secondary N) is 1. The Morgan fingerprint density at radius 3 is 2.53 bits per heavy atom. The Balaban J connectivity index is 2.45. The summed E-state index contributed by atoms with van der Waals surface area (Å²) < 4.78 is 5.06. The molecule has 0 aliphatic carbocycles. The highest BCUT2D eigenvalue weighted by molar-refractivity contribution is 5.71. The molecular formula is C12H15NO4. The second-order valence-corrected chi connectivity index (χ2v) is 3.78. The monoisotopic (exact) mass is 237 g/mol. The standard InChI is InChI=1S/C12H15NO4/c1-9(2)12(15)16-7-10-3-5-11(6-4-10)13-17-8-14/h3-6,8-9,13H,7H2,1-2H3. The number of carbonyl (C=O) groups is 2. The minimum absolute atomic E-state index is 0.128. The van der Waals surface area contributed by atoms with E-state index in [-0.39, 0.29) is 18.5 Å². The summed E-state index contributed by atoms with van der Waals surface area (Å²) >= 11 is 0. The van der Waals surface area contributed by atoms with Gasteiger partial charge in [-0.25, -0.2) is 5.48 Å². The number of carbonyl (C=O) groups excluding carboxylic acids is 2. The Hall–Kier alpha value is -2.04. The zero-order chi connectivity index (χ0) is 12.7. The first kappa shape index (κ1) is 13.0. The van der Waals surface area contributed by atoms with Crippen LogP contribution in [0.3, 0.4) is 0 Å². The van der Waals surface area contributed by atoms with E-state index in [4.69, 9.17) is 4.74 Å². The molecule has 0 aliphatic rings. The third-order valence-electron chi connectivity index (χ3n) is 2.03. The quantitative estimate of drug-likeness (QED) is 0.465. The lowest BCUT2D eigenvalue weighted by Crippen LogP contribution is -2.11. The second kappa shape index (κ2) is 6.52. The van der Waals surface area contributed by atoms with E-state index in [1.54, 1.807) is 38.1 Å². The van der Waals surface area contributed by atoms with E-state index < -0.39 is 0 Å². The van der Waals surface area contributed by atoms with E-state index in [1.165, 1.54) is 0 Å². The van der Waals surface area contributed by atoms with Crippen LogP contribution in [0, 0.1) is 5.92 Å². The fourth-order valence-corrected chi connectivity index (χ4v) is 1.08. The lowest BCUT2D eigenvalue weighted by molar-refractivity contribution is -0.148. The second-order valence-electron chi connectivity index (χ2n) is 3.78. The van der Waals surface area contributed by atoms with Gasteiger partial charge in [0.15, 0.2) is 0 Å². The lowest BCUT2D eigenvalue weighted by atomic mass is 10.2. The molecule has 0 aliphatic heterocycles. The summed E-state index contributed by atoms with van der Waals surface area (Å²) in [6.07, 6.45) is 0. The van der Waals surface area contributed by atoms with Crippen molar-refractivity contribution >= 4 is 18.1 Å². The van der Waals surface area contributed by atoms with Crippen molar-refractivity contribution < 1.29 is 19.2 Å². The van der Waals surface area contributed by atoms with E-state index in [9.17, 15) is 9.59 Å². The average Bonchev–Trinajstić information content (AvgIpc) is 2.34. The summed E-state index contributed by atoms with van der Waals surface area (Å²) in [5.74, 6) is -0.353. The number of esters is 1. The Morgan fingerprint density at radius 1 is 1.35 bits per heavy atom. The Labute approximate surface area is 99.7 Å². The van der Waals surface area contributed by atoms with Crippen LogP contribution in [0.25, 0.3) is 0 Å². The zero-order valence-corrected chi connectivity index (χ0v) is 9.80. The topological polar surface area (TPSA) is 64.6 Å². The van der Waals surface area contributed by atoms with Crippen molar-refractivity contribution in [2.75, 3.05) is 5.48 Å². The van der Waals surface area contributed by atoms with Gasteiger partial charge in [-0.1, -0.05) is 26.0 Å². The van der Waals surface area contributed by atoms with Gasteiger partial charge >= 0.3 is 12.4 Å². The number of rotatable bonds is 6. The fraction of sp³-hybridized carbons (Fsp3) is 0.333. The minimum Gasteiger partial charge on any atom is -0.461 e. The van der Waals surface area contributed by atoms with Crippen molar-refractivity contribution in [2.24, 2.45) is 5.92 Å². The summed E-state index contributed by atoms with van der Waals surface area (Å²) in [7, 11) is 0. The molecule has 0 amide bonds. The number of anilines is 1. The Morgan fingerprint density at radius 2 is 2.00 bits per heavy atom. The first-order valence-corrected chi connectivity index (χ1v) is 5.24. The van der Waals surface area contributed by atoms with Crippen LogP contribution in [0.5, 0.6) is 0 Å². The van der Waals surface area contributed by atoms with Crippen LogP contribution in [0.4, 0.5) is 5.69 Å². The van der Waals surface area contributed by atoms with Gasteiger partial charge in [0.1, 0.15) is 6.61 Å². The molecule has 1 aromatic rings. The van der Waals surface area contributed by atoms with Crippen LogP contribution in [0.2, 0.25) is 0 Å². The fourth-order valence-electron chi connectivity index (χ4n) is 1.08. The highest BCUT2D eigenvalue weighted by atomic mass is 16.7. The zero-order valence-electron chi connectivity index (χ0n) is 9.80. The molecule has 0 heterocycles. The molecule has 0 atom stereocenters. The normalized spacial score (nSPS) is 9.82. The highest BCUT2D eigenvalue weighted by Gasteiger charge is 2.07. The summed E-state index contributed by atoms with van der Waals surface area (Å²) in [6.45, 7) is 4.11. The van der Waals surface area contributed by atoms with Gasteiger partial charge < -0.3 is 9.57 Å². The molecule has 0 spiro atoms. The smallest absolute Gasteiger partial charge is 0.320 e. The van der Waals surface area contributed by atoms with Gasteiger partial charge in [0, 0.05) is 0 Å². The molecule has 0 aromatic heterocycles. The van der Waals surface area contributed by atoms with Crippen LogP contribution in [-0.2, 0) is 25.8 Å². The first-order valence-electron chi connectivity index (χ1n) is 5.24. The first-order chi connectivity index (χ1) is 8.13. The van der Waals surface area contributed by atoms with Crippen LogP contribution >= 0.6 is 0 Å². The molecule has 5 heteroatoms. The molecule has 92 valence electrons. The van der Waals surface area contributed by atoms with Gasteiger partial charge in [-0.15, -0.1) is 0 Å². The number of hydrogen-bond donors (Lipinski definition) is 1. The summed E-state index contributed by atoms with van der Waals surface area (Å²) in [6, 6.07) is 7.01. The summed E-state index contributed by atoms with van der Waals surface area (Å²) in [4.78, 5) is 25.5. The molecular weight excluding hydrogens is 222 g/mol. The van der Waals surface area contributed by atoms with Gasteiger partial charge in [-0.3, -0.25) is 9.59 Å². The summed E-state index contributed by atoms with van der Waals surface area (Å²) in [5.41, 5.74) is 3.95. The van der Waals surface area contributed by atoms with Crippen molar-refractivity contribution in [1.82, 2.24) is 0 Å². The van der Waals surface area contributed by atoms with Crippen LogP contribution < -0.4 is 5.48 Å². The molecule has 0 saturated heterocycles. The molecule has 0 fully saturated rings. The maximum Gasteiger partial charge on any atom is 0.320 e. The van der Waals surface area contributed by atoms with Crippen molar-refractivity contribution in [3.8, 4) is 0 Å². The highest BCUT2D eigenvalue weighted by Crippen LogP contribution is 2.11. The molecule has 0 bridgehead atoms. The lowest BCUT2D eigenvalue weighted by Gasteiger charge is -2.08. The van der Waals surface area contributed by atoms with Crippen molar-refractivity contribution in [2.45, 2.75) is 20.5 Å². The van der Waals surface area contributed by atoms with E-state index in [0.29, 0.717) is 12.2 Å². The van der Waals surface area contributed by atoms with E-state index in [0.717, 1.165) is 5.56 Å². The predicted molar refractivity (Wildman–Crippen MR) is 61.8 cm³/mol. The average molecular weight is 237 g/mol. The Kier molecular flexibility index (Phi) is 5.00. The Bertz CT molecular complexity index is 373. The third kappa shape index (κ3) is 4.55. The number of hydrogen-bond acceptors (Lipinski definition) is 5. The molecule has 1 N–H and O–H groups in total. The van der Waals surface area contributed by atoms with Gasteiger partial charge in [-0.05, 0) is 17.7 Å². The van der Waals surface area contributed by atoms with Crippen LogP contribution in [-0.4, -0.2) is 12.4 Å². The number of benzene rings is 1. The van der Waals surface area contributed by atoms with Gasteiger partial charge in [-0.2, -0.15) is 0 Å². The maximum absolute atomic E-state index is 11.2. The maximum atomic E-state index is 11.2. The van der Waals surface area contributed by atoms with E-state index >= 15 is 0 Å². The van der Waals surface area contributed by atoms with Crippen molar-refractivity contribution in [3.63, 3.8) is 0 Å². The van der Waals surface area contributed by atoms with Crippen molar-refractivity contribution in [1.29, 1.82) is 0 Å². The molecule has 5 nitrogen and oxygen atoms in total. The minimum atomic E-state index is -0.225.